The van der Waals surface area contributed by atoms with Crippen LogP contribution in [-0.2, 0) is 19.9 Å². The molecule has 4 rings (SSSR count). The molecule has 9 nitrogen and oxygen atoms in total. The molecule has 0 aliphatic rings. The maximum atomic E-state index is 11.5. The van der Waals surface area contributed by atoms with E-state index in [0.717, 1.165) is 11.6 Å². The van der Waals surface area contributed by atoms with Gasteiger partial charge in [0, 0.05) is 19.9 Å². The first-order valence-electron chi connectivity index (χ1n) is 7.50. The van der Waals surface area contributed by atoms with Crippen molar-refractivity contribution < 1.29 is 4.52 Å². The first-order chi connectivity index (χ1) is 11.6. The molecule has 0 saturated carbocycles. The monoisotopic (exact) mass is 325 g/mol. The van der Waals surface area contributed by atoms with Gasteiger partial charge in [-0.3, -0.25) is 0 Å². The number of hydrogen-bond donors (Lipinski definition) is 2. The minimum absolute atomic E-state index is 0.269. The normalized spacial score (nSPS) is 11.4. The van der Waals surface area contributed by atoms with E-state index in [1.807, 2.05) is 36.7 Å². The van der Waals surface area contributed by atoms with Crippen LogP contribution in [0.3, 0.4) is 0 Å². The molecule has 0 fully saturated rings. The molecule has 2 N–H and O–H groups in total. The molecule has 24 heavy (non-hydrogen) atoms. The maximum absolute atomic E-state index is 11.5. The molecule has 0 aliphatic heterocycles. The summed E-state index contributed by atoms with van der Waals surface area (Å²) in [4.78, 5) is 21.4. The summed E-state index contributed by atoms with van der Waals surface area (Å²) in [5.41, 5.74) is 1.78. The largest absolute Gasteiger partial charge is 0.334 e. The molecule has 9 heteroatoms. The highest BCUT2D eigenvalue weighted by Gasteiger charge is 2.14. The number of nitrogens with zero attached hydrogens (tertiary/aromatic N) is 5. The van der Waals surface area contributed by atoms with Gasteiger partial charge in [-0.2, -0.15) is 4.98 Å². The lowest BCUT2D eigenvalue weighted by atomic mass is 10.2. The fourth-order valence-corrected chi connectivity index (χ4v) is 2.59. The zero-order valence-electron chi connectivity index (χ0n) is 13.2. The van der Waals surface area contributed by atoms with Gasteiger partial charge in [0.05, 0.1) is 16.6 Å². The second-order valence-electron chi connectivity index (χ2n) is 5.55. The molecular formula is C15H15N7O2. The van der Waals surface area contributed by atoms with Crippen molar-refractivity contribution in [3.05, 3.63) is 46.2 Å². The summed E-state index contributed by atoms with van der Waals surface area (Å²) in [7, 11) is 1.93. The predicted molar refractivity (Wildman–Crippen MR) is 85.4 cm³/mol. The third kappa shape index (κ3) is 2.39. The molecule has 0 bridgehead atoms. The Morgan fingerprint density at radius 3 is 2.88 bits per heavy atom. The summed E-state index contributed by atoms with van der Waals surface area (Å²) in [5, 5.41) is 12.2. The highest BCUT2D eigenvalue weighted by atomic mass is 16.5. The molecule has 0 amide bonds. The Morgan fingerprint density at radius 1 is 1.21 bits per heavy atom. The van der Waals surface area contributed by atoms with Gasteiger partial charge in [-0.25, -0.2) is 4.79 Å². The molecule has 0 radical (unpaired) electrons. The summed E-state index contributed by atoms with van der Waals surface area (Å²) < 4.78 is 7.29. The van der Waals surface area contributed by atoms with Crippen molar-refractivity contribution in [1.82, 2.24) is 34.9 Å². The lowest BCUT2D eigenvalue weighted by Gasteiger charge is -1.98. The van der Waals surface area contributed by atoms with Crippen molar-refractivity contribution in [1.29, 1.82) is 0 Å². The topological polar surface area (TPSA) is 118 Å². The Labute approximate surface area is 135 Å². The average molecular weight is 325 g/mol. The van der Waals surface area contributed by atoms with Crippen LogP contribution in [0.1, 0.15) is 17.5 Å². The fourth-order valence-electron chi connectivity index (χ4n) is 2.59. The van der Waals surface area contributed by atoms with E-state index in [1.165, 1.54) is 0 Å². The van der Waals surface area contributed by atoms with Crippen LogP contribution in [0.5, 0.6) is 0 Å². The number of imidazole rings is 1. The number of rotatable bonds is 4. The zero-order valence-corrected chi connectivity index (χ0v) is 13.2. The lowest BCUT2D eigenvalue weighted by molar-refractivity contribution is 0.422. The number of H-pyrrole nitrogens is 2. The number of benzene rings is 1. The molecular weight excluding hydrogens is 310 g/mol. The standard InChI is InChI=1S/C15H15N7O2/c1-8-19-20-12(22(8)2)7-6-11-17-14(24-21-11)9-4-3-5-10-13(9)18-15(23)16-10/h3-5H,6-7H2,1-2H3,(H2,16,18,23). The van der Waals surface area contributed by atoms with Gasteiger partial charge in [-0.05, 0) is 19.1 Å². The Balaban J connectivity index is 1.60. The van der Waals surface area contributed by atoms with Gasteiger partial charge < -0.3 is 19.1 Å². The summed E-state index contributed by atoms with van der Waals surface area (Å²) in [6.45, 7) is 1.90. The minimum atomic E-state index is -0.269. The number of aromatic nitrogens is 7. The Morgan fingerprint density at radius 2 is 2.08 bits per heavy atom. The summed E-state index contributed by atoms with van der Waals surface area (Å²) in [6.07, 6.45) is 1.26. The summed E-state index contributed by atoms with van der Waals surface area (Å²) in [5.74, 6) is 2.69. The smallest absolute Gasteiger partial charge is 0.323 e. The highest BCUT2D eigenvalue weighted by molar-refractivity contribution is 5.88. The van der Waals surface area contributed by atoms with E-state index in [-0.39, 0.29) is 5.69 Å². The summed E-state index contributed by atoms with van der Waals surface area (Å²) in [6, 6.07) is 5.47. The van der Waals surface area contributed by atoms with Crippen LogP contribution in [0.4, 0.5) is 0 Å². The molecule has 122 valence electrons. The van der Waals surface area contributed by atoms with E-state index in [0.29, 0.717) is 41.2 Å². The molecule has 0 aliphatic carbocycles. The van der Waals surface area contributed by atoms with Crippen molar-refractivity contribution >= 4 is 11.0 Å². The lowest BCUT2D eigenvalue weighted by Crippen LogP contribution is -2.02. The second-order valence-corrected chi connectivity index (χ2v) is 5.55. The van der Waals surface area contributed by atoms with Gasteiger partial charge in [0.15, 0.2) is 5.82 Å². The average Bonchev–Trinajstić information content (AvgIpc) is 3.25. The van der Waals surface area contributed by atoms with Crippen molar-refractivity contribution in [3.63, 3.8) is 0 Å². The number of nitrogens with one attached hydrogen (secondary N) is 2. The third-order valence-corrected chi connectivity index (χ3v) is 4.00. The quantitative estimate of drug-likeness (QED) is 0.580. The van der Waals surface area contributed by atoms with E-state index in [9.17, 15) is 4.79 Å². The van der Waals surface area contributed by atoms with E-state index in [1.54, 1.807) is 0 Å². The van der Waals surface area contributed by atoms with E-state index < -0.39 is 0 Å². The van der Waals surface area contributed by atoms with Crippen LogP contribution in [0.2, 0.25) is 0 Å². The van der Waals surface area contributed by atoms with Crippen LogP contribution >= 0.6 is 0 Å². The van der Waals surface area contributed by atoms with Crippen LogP contribution in [-0.4, -0.2) is 34.9 Å². The number of hydrogen-bond acceptors (Lipinski definition) is 6. The molecule has 0 unspecified atom stereocenters. The van der Waals surface area contributed by atoms with Crippen LogP contribution in [0, 0.1) is 6.92 Å². The molecule has 3 aromatic heterocycles. The van der Waals surface area contributed by atoms with E-state index >= 15 is 0 Å². The predicted octanol–water partition coefficient (Wildman–Crippen LogP) is 1.13. The third-order valence-electron chi connectivity index (χ3n) is 4.00. The zero-order chi connectivity index (χ0) is 16.7. The molecule has 4 aromatic rings. The van der Waals surface area contributed by atoms with Crippen LogP contribution < -0.4 is 5.69 Å². The van der Waals surface area contributed by atoms with Crippen molar-refractivity contribution in [2.24, 2.45) is 7.05 Å². The number of fused-ring (bicyclic) bond motifs is 1. The first kappa shape index (κ1) is 14.4. The Hall–Kier alpha value is -3.23. The molecule has 0 atom stereocenters. The number of aryl methyl sites for hydroxylation is 3. The number of para-hydroxylation sites is 1. The minimum Gasteiger partial charge on any atom is -0.334 e. The van der Waals surface area contributed by atoms with E-state index in [2.05, 4.69) is 30.3 Å². The first-order valence-corrected chi connectivity index (χ1v) is 7.50. The maximum Gasteiger partial charge on any atom is 0.323 e. The van der Waals surface area contributed by atoms with Crippen molar-refractivity contribution in [2.45, 2.75) is 19.8 Å². The van der Waals surface area contributed by atoms with Gasteiger partial charge in [0.25, 0.3) is 5.89 Å². The Kier molecular flexibility index (Phi) is 3.26. The fraction of sp³-hybridized carbons (Fsp3) is 0.267. The van der Waals surface area contributed by atoms with Gasteiger partial charge in [-0.15, -0.1) is 10.2 Å². The van der Waals surface area contributed by atoms with Gasteiger partial charge in [0.1, 0.15) is 11.6 Å². The summed E-state index contributed by atoms with van der Waals surface area (Å²) >= 11 is 0. The van der Waals surface area contributed by atoms with Gasteiger partial charge in [-0.1, -0.05) is 11.2 Å². The molecule has 0 saturated heterocycles. The Bertz CT molecular complexity index is 1070. The SMILES string of the molecule is Cc1nnc(CCc2noc(-c3cccc4[nH]c(=O)[nH]c34)n2)n1C. The number of aromatic amines is 2. The second kappa shape index (κ2) is 5.44. The molecule has 0 spiro atoms. The van der Waals surface area contributed by atoms with Gasteiger partial charge >= 0.3 is 5.69 Å². The van der Waals surface area contributed by atoms with Crippen molar-refractivity contribution in [2.75, 3.05) is 0 Å². The van der Waals surface area contributed by atoms with Crippen LogP contribution in [0.15, 0.2) is 27.5 Å². The highest BCUT2D eigenvalue weighted by Crippen LogP contribution is 2.24. The van der Waals surface area contributed by atoms with Crippen molar-refractivity contribution in [3.8, 4) is 11.5 Å². The van der Waals surface area contributed by atoms with Gasteiger partial charge in [0.2, 0.25) is 0 Å². The molecule has 1 aromatic carbocycles. The molecule has 3 heterocycles. The van der Waals surface area contributed by atoms with Crippen LogP contribution in [0.25, 0.3) is 22.5 Å². The van der Waals surface area contributed by atoms with E-state index in [4.69, 9.17) is 4.52 Å².